The van der Waals surface area contributed by atoms with Gasteiger partial charge in [-0.1, -0.05) is 17.7 Å². The Kier molecular flexibility index (Phi) is 5.43. The summed E-state index contributed by atoms with van der Waals surface area (Å²) in [6.07, 6.45) is -0.573. The first kappa shape index (κ1) is 17.5. The molecule has 1 heterocycles. The maximum absolute atomic E-state index is 13.0. The summed E-state index contributed by atoms with van der Waals surface area (Å²) in [4.78, 5) is 16.5. The zero-order valence-corrected chi connectivity index (χ0v) is 14.7. The van der Waals surface area contributed by atoms with Crippen molar-refractivity contribution in [1.29, 1.82) is 0 Å². The van der Waals surface area contributed by atoms with Gasteiger partial charge in [0.1, 0.15) is 11.6 Å². The number of hydrogen-bond acceptors (Lipinski definition) is 3. The Balaban J connectivity index is 1.54. The van der Waals surface area contributed by atoms with Crippen LogP contribution in [0.4, 0.5) is 10.1 Å². The Morgan fingerprint density at radius 3 is 2.44 bits per heavy atom. The van der Waals surface area contributed by atoms with Crippen molar-refractivity contribution in [1.82, 2.24) is 4.90 Å². The summed E-state index contributed by atoms with van der Waals surface area (Å²) in [7, 11) is 0. The number of nitrogens with zero attached hydrogens (tertiary/aromatic N) is 2. The standard InChI is InChI=1S/C19H20ClFN2O2/c1-14(25-18-4-2-3-15(20)13-18)19(24)23-11-9-22(10-12-23)17-7-5-16(21)6-8-17/h2-8,13-14H,9-12H2,1H3. The predicted molar refractivity (Wildman–Crippen MR) is 96.7 cm³/mol. The fourth-order valence-electron chi connectivity index (χ4n) is 2.89. The summed E-state index contributed by atoms with van der Waals surface area (Å²) >= 11 is 5.94. The number of piperazine rings is 1. The average Bonchev–Trinajstić information content (AvgIpc) is 2.62. The fourth-order valence-corrected chi connectivity index (χ4v) is 3.07. The van der Waals surface area contributed by atoms with Crippen LogP contribution in [0.15, 0.2) is 48.5 Å². The van der Waals surface area contributed by atoms with Crippen LogP contribution >= 0.6 is 11.6 Å². The first-order valence-electron chi connectivity index (χ1n) is 8.24. The summed E-state index contributed by atoms with van der Waals surface area (Å²) in [5, 5.41) is 0.574. The van der Waals surface area contributed by atoms with Gasteiger partial charge in [0.25, 0.3) is 5.91 Å². The van der Waals surface area contributed by atoms with Crippen molar-refractivity contribution >= 4 is 23.2 Å². The minimum Gasteiger partial charge on any atom is -0.481 e. The lowest BCUT2D eigenvalue weighted by atomic mass is 10.2. The van der Waals surface area contributed by atoms with E-state index in [0.29, 0.717) is 37.0 Å². The molecule has 3 rings (SSSR count). The summed E-state index contributed by atoms with van der Waals surface area (Å²) in [5.41, 5.74) is 0.969. The number of benzene rings is 2. The van der Waals surface area contributed by atoms with Gasteiger partial charge in [0.15, 0.2) is 6.10 Å². The lowest BCUT2D eigenvalue weighted by Gasteiger charge is -2.37. The smallest absolute Gasteiger partial charge is 0.263 e. The third-order valence-corrected chi connectivity index (χ3v) is 4.47. The van der Waals surface area contributed by atoms with Gasteiger partial charge in [0.2, 0.25) is 0 Å². The molecule has 1 aliphatic heterocycles. The molecule has 1 amide bonds. The van der Waals surface area contributed by atoms with Gasteiger partial charge in [-0.25, -0.2) is 4.39 Å². The van der Waals surface area contributed by atoms with Crippen molar-refractivity contribution in [3.63, 3.8) is 0 Å². The van der Waals surface area contributed by atoms with Crippen LogP contribution in [0, 0.1) is 5.82 Å². The minimum absolute atomic E-state index is 0.0428. The fraction of sp³-hybridized carbons (Fsp3) is 0.316. The normalized spacial score (nSPS) is 15.8. The second kappa shape index (κ2) is 7.74. The highest BCUT2D eigenvalue weighted by Gasteiger charge is 2.26. The molecule has 1 aliphatic rings. The molecule has 0 radical (unpaired) electrons. The number of carbonyl (C=O) groups excluding carboxylic acids is 1. The molecule has 1 atom stereocenters. The van der Waals surface area contributed by atoms with Crippen molar-refractivity contribution in [3.8, 4) is 5.75 Å². The Bertz CT molecular complexity index is 730. The maximum atomic E-state index is 13.0. The molecule has 25 heavy (non-hydrogen) atoms. The number of rotatable bonds is 4. The van der Waals surface area contributed by atoms with E-state index >= 15 is 0 Å². The summed E-state index contributed by atoms with van der Waals surface area (Å²) in [6.45, 7) is 4.39. The zero-order valence-electron chi connectivity index (χ0n) is 14.0. The topological polar surface area (TPSA) is 32.8 Å². The van der Waals surface area contributed by atoms with Gasteiger partial charge in [0, 0.05) is 36.9 Å². The molecule has 0 aromatic heterocycles. The Hall–Kier alpha value is -2.27. The number of ether oxygens (including phenoxy) is 1. The van der Waals surface area contributed by atoms with Crippen LogP contribution in [0.25, 0.3) is 0 Å². The van der Waals surface area contributed by atoms with Crippen LogP contribution in [0.3, 0.4) is 0 Å². The van der Waals surface area contributed by atoms with E-state index in [-0.39, 0.29) is 11.7 Å². The molecule has 0 saturated carbocycles. The highest BCUT2D eigenvalue weighted by Crippen LogP contribution is 2.20. The second-order valence-electron chi connectivity index (χ2n) is 6.01. The number of halogens is 2. The first-order valence-corrected chi connectivity index (χ1v) is 8.62. The van der Waals surface area contributed by atoms with E-state index in [4.69, 9.17) is 16.3 Å². The molecular formula is C19H20ClFN2O2. The number of amides is 1. The van der Waals surface area contributed by atoms with Crippen molar-refractivity contribution < 1.29 is 13.9 Å². The van der Waals surface area contributed by atoms with E-state index in [0.717, 1.165) is 5.69 Å². The quantitative estimate of drug-likeness (QED) is 0.833. The van der Waals surface area contributed by atoms with Crippen LogP contribution < -0.4 is 9.64 Å². The summed E-state index contributed by atoms with van der Waals surface area (Å²) < 4.78 is 18.7. The highest BCUT2D eigenvalue weighted by molar-refractivity contribution is 6.30. The molecule has 0 aliphatic carbocycles. The molecule has 0 bridgehead atoms. The molecule has 2 aromatic rings. The Morgan fingerprint density at radius 2 is 1.80 bits per heavy atom. The molecule has 1 unspecified atom stereocenters. The second-order valence-corrected chi connectivity index (χ2v) is 6.44. The van der Waals surface area contributed by atoms with E-state index in [1.54, 1.807) is 48.2 Å². The van der Waals surface area contributed by atoms with Crippen LogP contribution in [-0.2, 0) is 4.79 Å². The minimum atomic E-state index is -0.573. The van der Waals surface area contributed by atoms with Gasteiger partial charge < -0.3 is 14.5 Å². The van der Waals surface area contributed by atoms with Crippen LogP contribution in [0.2, 0.25) is 5.02 Å². The van der Waals surface area contributed by atoms with Gasteiger partial charge in [0.05, 0.1) is 0 Å². The largest absolute Gasteiger partial charge is 0.481 e. The highest BCUT2D eigenvalue weighted by atomic mass is 35.5. The van der Waals surface area contributed by atoms with Gasteiger partial charge in [-0.3, -0.25) is 4.79 Å². The molecule has 1 fully saturated rings. The van der Waals surface area contributed by atoms with E-state index in [2.05, 4.69) is 4.90 Å². The van der Waals surface area contributed by atoms with Crippen molar-refractivity contribution in [2.45, 2.75) is 13.0 Å². The van der Waals surface area contributed by atoms with Crippen molar-refractivity contribution in [3.05, 3.63) is 59.4 Å². The van der Waals surface area contributed by atoms with Gasteiger partial charge in [-0.05, 0) is 49.4 Å². The third-order valence-electron chi connectivity index (χ3n) is 4.24. The van der Waals surface area contributed by atoms with Crippen LogP contribution in [0.1, 0.15) is 6.92 Å². The molecular weight excluding hydrogens is 343 g/mol. The van der Waals surface area contributed by atoms with E-state index in [9.17, 15) is 9.18 Å². The van der Waals surface area contributed by atoms with E-state index < -0.39 is 6.10 Å². The van der Waals surface area contributed by atoms with Crippen molar-refractivity contribution in [2.24, 2.45) is 0 Å². The number of anilines is 1. The molecule has 4 nitrogen and oxygen atoms in total. The summed E-state index contributed by atoms with van der Waals surface area (Å²) in [6, 6.07) is 13.4. The van der Waals surface area contributed by atoms with Crippen LogP contribution in [0.5, 0.6) is 5.75 Å². The lowest BCUT2D eigenvalue weighted by molar-refractivity contribution is -0.138. The van der Waals surface area contributed by atoms with Gasteiger partial charge >= 0.3 is 0 Å². The van der Waals surface area contributed by atoms with Crippen LogP contribution in [-0.4, -0.2) is 43.1 Å². The molecule has 0 spiro atoms. The lowest BCUT2D eigenvalue weighted by Crippen LogP contribution is -2.52. The molecule has 2 aromatic carbocycles. The van der Waals surface area contributed by atoms with E-state index in [1.807, 2.05) is 0 Å². The van der Waals surface area contributed by atoms with Crippen molar-refractivity contribution in [2.75, 3.05) is 31.1 Å². The predicted octanol–water partition coefficient (Wildman–Crippen LogP) is 3.60. The van der Waals surface area contributed by atoms with E-state index in [1.165, 1.54) is 12.1 Å². The monoisotopic (exact) mass is 362 g/mol. The molecule has 0 N–H and O–H groups in total. The number of carbonyl (C=O) groups is 1. The van der Waals surface area contributed by atoms with Gasteiger partial charge in [-0.2, -0.15) is 0 Å². The Morgan fingerprint density at radius 1 is 1.12 bits per heavy atom. The van der Waals surface area contributed by atoms with Gasteiger partial charge in [-0.15, -0.1) is 0 Å². The zero-order chi connectivity index (χ0) is 17.8. The average molecular weight is 363 g/mol. The Labute approximate surface area is 151 Å². The number of hydrogen-bond donors (Lipinski definition) is 0. The maximum Gasteiger partial charge on any atom is 0.263 e. The molecule has 6 heteroatoms. The first-order chi connectivity index (χ1) is 12.0. The molecule has 132 valence electrons. The third kappa shape index (κ3) is 4.42. The molecule has 1 saturated heterocycles. The summed E-state index contributed by atoms with van der Waals surface area (Å²) in [5.74, 6) is 0.293. The SMILES string of the molecule is CC(Oc1cccc(Cl)c1)C(=O)N1CCN(c2ccc(F)cc2)CC1.